The molecule has 11 heavy (non-hydrogen) atoms. The zero-order valence-electron chi connectivity index (χ0n) is 6.96. The van der Waals surface area contributed by atoms with Gasteiger partial charge in [0, 0.05) is 6.54 Å². The van der Waals surface area contributed by atoms with Crippen LogP contribution in [0.5, 0.6) is 0 Å². The van der Waals surface area contributed by atoms with E-state index in [1.807, 2.05) is 0 Å². The molecule has 66 valence electrons. The Morgan fingerprint density at radius 1 is 1.18 bits per heavy atom. The maximum Gasteiger partial charge on any atom is 0.0106 e. The Labute approximate surface area is 75.5 Å². The summed E-state index contributed by atoms with van der Waals surface area (Å²) in [6.45, 7) is 0.705. The first kappa shape index (κ1) is 11.0. The Hall–Kier alpha value is -0.0100. The summed E-state index contributed by atoms with van der Waals surface area (Å²) in [5, 5.41) is 0. The molecule has 0 aliphatic heterocycles. The maximum atomic E-state index is 5.36. The molecule has 2 heteroatoms. The van der Waals surface area contributed by atoms with Crippen molar-refractivity contribution in [1.82, 2.24) is 0 Å². The predicted octanol–water partition coefficient (Wildman–Crippen LogP) is 2.50. The van der Waals surface area contributed by atoms with Gasteiger partial charge in [0.25, 0.3) is 0 Å². The molecule has 1 aliphatic carbocycles. The van der Waals surface area contributed by atoms with Gasteiger partial charge in [-0.05, 0) is 18.8 Å². The molecule has 0 saturated heterocycles. The lowest BCUT2D eigenvalue weighted by Crippen LogP contribution is -2.03. The van der Waals surface area contributed by atoms with Crippen LogP contribution in [0, 0.1) is 5.92 Å². The monoisotopic (exact) mass is 175 g/mol. The number of nitrogens with two attached hydrogens (primary N) is 1. The first-order valence-electron chi connectivity index (χ1n) is 4.30. The molecule has 0 bridgehead atoms. The second-order valence-corrected chi connectivity index (χ2v) is 3.06. The second-order valence-electron chi connectivity index (χ2n) is 3.06. The molecule has 0 heterocycles. The molecular weight excluding hydrogens is 158 g/mol. The molecule has 0 unspecified atom stereocenters. The van der Waals surface area contributed by atoms with E-state index in [1.54, 1.807) is 0 Å². The zero-order valence-corrected chi connectivity index (χ0v) is 7.78. The van der Waals surface area contributed by atoms with E-state index >= 15 is 0 Å². The zero-order chi connectivity index (χ0) is 7.23. The highest BCUT2D eigenvalue weighted by molar-refractivity contribution is 5.85. The van der Waals surface area contributed by atoms with Crippen LogP contribution in [0.4, 0.5) is 0 Å². The summed E-state index contributed by atoms with van der Waals surface area (Å²) in [5.41, 5.74) is 5.36. The van der Waals surface area contributed by atoms with E-state index in [9.17, 15) is 0 Å². The molecular formula is C9H18ClN. The van der Waals surface area contributed by atoms with Gasteiger partial charge in [-0.25, -0.2) is 0 Å². The lowest BCUT2D eigenvalue weighted by atomic mass is 9.89. The third-order valence-electron chi connectivity index (χ3n) is 2.19. The first-order chi connectivity index (χ1) is 4.93. The SMILES string of the molecule is Cl.NCC=CC1CCCCC1. The van der Waals surface area contributed by atoms with E-state index in [2.05, 4.69) is 12.2 Å². The van der Waals surface area contributed by atoms with Crippen molar-refractivity contribution in [3.8, 4) is 0 Å². The van der Waals surface area contributed by atoms with Crippen LogP contribution in [0.2, 0.25) is 0 Å². The molecule has 0 radical (unpaired) electrons. The molecule has 0 atom stereocenters. The molecule has 1 rings (SSSR count). The van der Waals surface area contributed by atoms with Gasteiger partial charge in [0.2, 0.25) is 0 Å². The summed E-state index contributed by atoms with van der Waals surface area (Å²) in [7, 11) is 0. The van der Waals surface area contributed by atoms with Crippen LogP contribution in [-0.4, -0.2) is 6.54 Å². The van der Waals surface area contributed by atoms with Crippen LogP contribution in [0.1, 0.15) is 32.1 Å². The molecule has 1 fully saturated rings. The topological polar surface area (TPSA) is 26.0 Å². The predicted molar refractivity (Wildman–Crippen MR) is 52.0 cm³/mol. The number of hydrogen-bond donors (Lipinski definition) is 1. The number of hydrogen-bond acceptors (Lipinski definition) is 1. The van der Waals surface area contributed by atoms with Crippen LogP contribution in [0.15, 0.2) is 12.2 Å². The standard InChI is InChI=1S/C9H17N.ClH/c10-8-4-7-9-5-2-1-3-6-9;/h4,7,9H,1-3,5-6,8,10H2;1H. The average Bonchev–Trinajstić information content (AvgIpc) is 2.03. The molecule has 2 N–H and O–H groups in total. The van der Waals surface area contributed by atoms with Crippen LogP contribution in [0.25, 0.3) is 0 Å². The minimum atomic E-state index is 0. The van der Waals surface area contributed by atoms with Gasteiger partial charge in [0.15, 0.2) is 0 Å². The minimum absolute atomic E-state index is 0. The van der Waals surface area contributed by atoms with E-state index in [0.29, 0.717) is 6.54 Å². The van der Waals surface area contributed by atoms with E-state index in [0.717, 1.165) is 5.92 Å². The minimum Gasteiger partial charge on any atom is -0.327 e. The molecule has 0 aromatic rings. The van der Waals surface area contributed by atoms with E-state index in [-0.39, 0.29) is 12.4 Å². The van der Waals surface area contributed by atoms with Crippen LogP contribution >= 0.6 is 12.4 Å². The van der Waals surface area contributed by atoms with E-state index in [4.69, 9.17) is 5.73 Å². The first-order valence-corrected chi connectivity index (χ1v) is 4.30. The van der Waals surface area contributed by atoms with Gasteiger partial charge >= 0.3 is 0 Å². The molecule has 0 aromatic heterocycles. The van der Waals surface area contributed by atoms with Gasteiger partial charge in [-0.15, -0.1) is 12.4 Å². The van der Waals surface area contributed by atoms with Gasteiger partial charge in [-0.3, -0.25) is 0 Å². The highest BCUT2D eigenvalue weighted by Crippen LogP contribution is 2.24. The fourth-order valence-corrected chi connectivity index (χ4v) is 1.60. The van der Waals surface area contributed by atoms with Crippen molar-refractivity contribution in [3.05, 3.63) is 12.2 Å². The van der Waals surface area contributed by atoms with Crippen molar-refractivity contribution < 1.29 is 0 Å². The van der Waals surface area contributed by atoms with Crippen LogP contribution in [0.3, 0.4) is 0 Å². The van der Waals surface area contributed by atoms with Gasteiger partial charge in [0.05, 0.1) is 0 Å². The largest absolute Gasteiger partial charge is 0.327 e. The van der Waals surface area contributed by atoms with Crippen molar-refractivity contribution in [2.75, 3.05) is 6.54 Å². The molecule has 0 amide bonds. The fourth-order valence-electron chi connectivity index (χ4n) is 1.60. The highest BCUT2D eigenvalue weighted by Gasteiger charge is 2.08. The fraction of sp³-hybridized carbons (Fsp3) is 0.778. The summed E-state index contributed by atoms with van der Waals surface area (Å²) >= 11 is 0. The Morgan fingerprint density at radius 3 is 2.36 bits per heavy atom. The molecule has 0 spiro atoms. The second kappa shape index (κ2) is 6.68. The quantitative estimate of drug-likeness (QED) is 0.642. The molecule has 1 saturated carbocycles. The maximum absolute atomic E-state index is 5.36. The average molecular weight is 176 g/mol. The number of halogens is 1. The molecule has 1 nitrogen and oxygen atoms in total. The van der Waals surface area contributed by atoms with E-state index < -0.39 is 0 Å². The summed E-state index contributed by atoms with van der Waals surface area (Å²) in [6.07, 6.45) is 11.4. The van der Waals surface area contributed by atoms with Gasteiger partial charge in [-0.2, -0.15) is 0 Å². The van der Waals surface area contributed by atoms with E-state index in [1.165, 1.54) is 32.1 Å². The van der Waals surface area contributed by atoms with Crippen molar-refractivity contribution in [1.29, 1.82) is 0 Å². The van der Waals surface area contributed by atoms with Gasteiger partial charge in [0.1, 0.15) is 0 Å². The van der Waals surface area contributed by atoms with Crippen LogP contribution in [-0.2, 0) is 0 Å². The summed E-state index contributed by atoms with van der Waals surface area (Å²) in [5.74, 6) is 0.845. The third kappa shape index (κ3) is 4.44. The number of allylic oxidation sites excluding steroid dienone is 1. The Balaban J connectivity index is 0.000001000. The number of rotatable bonds is 2. The summed E-state index contributed by atoms with van der Waals surface area (Å²) in [6, 6.07) is 0. The molecule has 0 aromatic carbocycles. The summed E-state index contributed by atoms with van der Waals surface area (Å²) < 4.78 is 0. The van der Waals surface area contributed by atoms with Crippen molar-refractivity contribution in [2.24, 2.45) is 11.7 Å². The smallest absolute Gasteiger partial charge is 0.0106 e. The Bertz CT molecular complexity index is 106. The van der Waals surface area contributed by atoms with Crippen molar-refractivity contribution in [2.45, 2.75) is 32.1 Å². The lowest BCUT2D eigenvalue weighted by molar-refractivity contribution is 0.419. The lowest BCUT2D eigenvalue weighted by Gasteiger charge is -2.17. The molecule has 1 aliphatic rings. The normalized spacial score (nSPS) is 20.1. The highest BCUT2D eigenvalue weighted by atomic mass is 35.5. The van der Waals surface area contributed by atoms with Crippen molar-refractivity contribution in [3.63, 3.8) is 0 Å². The van der Waals surface area contributed by atoms with Crippen LogP contribution < -0.4 is 5.73 Å². The third-order valence-corrected chi connectivity index (χ3v) is 2.19. The summed E-state index contributed by atoms with van der Waals surface area (Å²) in [4.78, 5) is 0. The van der Waals surface area contributed by atoms with Gasteiger partial charge < -0.3 is 5.73 Å². The Morgan fingerprint density at radius 2 is 1.82 bits per heavy atom. The van der Waals surface area contributed by atoms with Crippen molar-refractivity contribution >= 4 is 12.4 Å². The van der Waals surface area contributed by atoms with Gasteiger partial charge in [-0.1, -0.05) is 31.4 Å². The Kier molecular flexibility index (Phi) is 6.68.